The Balaban J connectivity index is 2.31. The number of carbonyl (C=O) groups excluding carboxylic acids is 1. The van der Waals surface area contributed by atoms with Crippen molar-refractivity contribution in [2.45, 2.75) is 46.0 Å². The third-order valence-electron chi connectivity index (χ3n) is 3.50. The van der Waals surface area contributed by atoms with Crippen LogP contribution < -0.4 is 11.1 Å². The summed E-state index contributed by atoms with van der Waals surface area (Å²) >= 11 is 0. The highest BCUT2D eigenvalue weighted by Crippen LogP contribution is 2.19. The molecule has 3 N–H and O–H groups in total. The Morgan fingerprint density at radius 2 is 1.95 bits per heavy atom. The van der Waals surface area contributed by atoms with Gasteiger partial charge in [-0.05, 0) is 30.5 Å². The second-order valence-corrected chi connectivity index (χ2v) is 5.82. The number of nitrogen functional groups attached to an aromatic ring is 1. The van der Waals surface area contributed by atoms with Gasteiger partial charge in [0.1, 0.15) is 0 Å². The van der Waals surface area contributed by atoms with Crippen molar-refractivity contribution in [1.29, 1.82) is 0 Å². The largest absolute Gasteiger partial charge is 0.465 e. The number of anilines is 2. The van der Waals surface area contributed by atoms with Crippen molar-refractivity contribution >= 4 is 17.3 Å². The number of nitrogens with two attached hydrogens (primary N) is 1. The van der Waals surface area contributed by atoms with Crippen LogP contribution in [-0.2, 0) is 4.74 Å². The van der Waals surface area contributed by atoms with Crippen LogP contribution in [0.15, 0.2) is 18.2 Å². The number of hydrogen-bond donors (Lipinski definition) is 2. The van der Waals surface area contributed by atoms with Crippen LogP contribution in [0.5, 0.6) is 0 Å². The van der Waals surface area contributed by atoms with E-state index in [4.69, 9.17) is 10.5 Å². The molecule has 0 saturated heterocycles. The minimum atomic E-state index is -0.398. The molecule has 0 spiro atoms. The first-order valence-corrected chi connectivity index (χ1v) is 7.76. The van der Waals surface area contributed by atoms with Crippen LogP contribution in [0, 0.1) is 5.92 Å². The fourth-order valence-corrected chi connectivity index (χ4v) is 2.22. The van der Waals surface area contributed by atoms with Crippen molar-refractivity contribution in [3.63, 3.8) is 0 Å². The molecule has 118 valence electrons. The highest BCUT2D eigenvalue weighted by molar-refractivity contribution is 5.96. The summed E-state index contributed by atoms with van der Waals surface area (Å²) < 4.78 is 4.71. The number of benzene rings is 1. The van der Waals surface area contributed by atoms with Gasteiger partial charge in [0.05, 0.1) is 12.7 Å². The molecule has 0 unspecified atom stereocenters. The molecule has 0 fully saturated rings. The maximum Gasteiger partial charge on any atom is 0.340 e. The van der Waals surface area contributed by atoms with E-state index in [-0.39, 0.29) is 0 Å². The predicted octanol–water partition coefficient (Wildman–Crippen LogP) is 4.07. The van der Waals surface area contributed by atoms with Crippen LogP contribution >= 0.6 is 0 Å². The Labute approximate surface area is 128 Å². The van der Waals surface area contributed by atoms with Crippen LogP contribution in [-0.4, -0.2) is 19.6 Å². The monoisotopic (exact) mass is 292 g/mol. The SMILES string of the molecule is COC(=O)c1cc(NCCCCCCC(C)C)ccc1N. The molecule has 0 aliphatic carbocycles. The summed E-state index contributed by atoms with van der Waals surface area (Å²) in [6.45, 7) is 5.44. The van der Waals surface area contributed by atoms with E-state index in [1.54, 1.807) is 12.1 Å². The molecule has 0 aliphatic heterocycles. The summed E-state index contributed by atoms with van der Waals surface area (Å²) in [7, 11) is 1.36. The number of unbranched alkanes of at least 4 members (excludes halogenated alkanes) is 3. The predicted molar refractivity (Wildman–Crippen MR) is 88.6 cm³/mol. The molecule has 0 saturated carbocycles. The molecule has 1 rings (SSSR count). The van der Waals surface area contributed by atoms with Gasteiger partial charge in [0.25, 0.3) is 0 Å². The zero-order chi connectivity index (χ0) is 15.7. The molecule has 0 aliphatic rings. The number of rotatable bonds is 9. The van der Waals surface area contributed by atoms with Crippen LogP contribution in [0.25, 0.3) is 0 Å². The highest BCUT2D eigenvalue weighted by atomic mass is 16.5. The second-order valence-electron chi connectivity index (χ2n) is 5.82. The molecule has 0 atom stereocenters. The maximum absolute atomic E-state index is 11.6. The second kappa shape index (κ2) is 9.27. The summed E-state index contributed by atoms with van der Waals surface area (Å²) in [5.74, 6) is 0.402. The molecule has 4 heteroatoms. The molecular weight excluding hydrogens is 264 g/mol. The molecule has 4 nitrogen and oxygen atoms in total. The molecule has 0 radical (unpaired) electrons. The average molecular weight is 292 g/mol. The van der Waals surface area contributed by atoms with Gasteiger partial charge in [-0.15, -0.1) is 0 Å². The normalized spacial score (nSPS) is 10.7. The standard InChI is InChI=1S/C17H28N2O2/c1-13(2)8-6-4-5-7-11-19-14-9-10-16(18)15(12-14)17(20)21-3/h9-10,12-13,19H,4-8,11,18H2,1-3H3. The molecule has 1 aromatic carbocycles. The van der Waals surface area contributed by atoms with Crippen LogP contribution in [0.1, 0.15) is 56.3 Å². The Kier molecular flexibility index (Phi) is 7.65. The van der Waals surface area contributed by atoms with Gasteiger partial charge in [0.15, 0.2) is 0 Å². The lowest BCUT2D eigenvalue weighted by atomic mass is 10.0. The van der Waals surface area contributed by atoms with Gasteiger partial charge in [-0.25, -0.2) is 4.79 Å². The lowest BCUT2D eigenvalue weighted by Crippen LogP contribution is -2.08. The highest BCUT2D eigenvalue weighted by Gasteiger charge is 2.10. The number of hydrogen-bond acceptors (Lipinski definition) is 4. The number of esters is 1. The Hall–Kier alpha value is -1.71. The Bertz CT molecular complexity index is 444. The Morgan fingerprint density at radius 3 is 2.62 bits per heavy atom. The molecule has 0 amide bonds. The molecular formula is C17H28N2O2. The summed E-state index contributed by atoms with van der Waals surface area (Å²) in [5.41, 5.74) is 7.54. The Morgan fingerprint density at radius 1 is 1.24 bits per heavy atom. The summed E-state index contributed by atoms with van der Waals surface area (Å²) in [6, 6.07) is 5.37. The van der Waals surface area contributed by atoms with Gasteiger partial charge in [-0.3, -0.25) is 0 Å². The third-order valence-corrected chi connectivity index (χ3v) is 3.50. The molecule has 0 aromatic heterocycles. The molecule has 0 heterocycles. The van der Waals surface area contributed by atoms with Gasteiger partial charge < -0.3 is 15.8 Å². The lowest BCUT2D eigenvalue weighted by molar-refractivity contribution is 0.0602. The van der Waals surface area contributed by atoms with Crippen molar-refractivity contribution in [2.24, 2.45) is 5.92 Å². The van der Waals surface area contributed by atoms with Crippen molar-refractivity contribution in [2.75, 3.05) is 24.7 Å². The van der Waals surface area contributed by atoms with Crippen molar-refractivity contribution in [3.8, 4) is 0 Å². The fraction of sp³-hybridized carbons (Fsp3) is 0.588. The number of ether oxygens (including phenoxy) is 1. The van der Waals surface area contributed by atoms with Gasteiger partial charge in [0.2, 0.25) is 0 Å². The van der Waals surface area contributed by atoms with E-state index in [1.807, 2.05) is 6.07 Å². The van der Waals surface area contributed by atoms with Crippen molar-refractivity contribution in [3.05, 3.63) is 23.8 Å². The van der Waals surface area contributed by atoms with E-state index in [0.29, 0.717) is 11.3 Å². The summed E-state index contributed by atoms with van der Waals surface area (Å²) in [4.78, 5) is 11.6. The van der Waals surface area contributed by atoms with Gasteiger partial charge in [0, 0.05) is 17.9 Å². The quantitative estimate of drug-likeness (QED) is 0.409. The first kappa shape index (κ1) is 17.3. The van der Waals surface area contributed by atoms with Gasteiger partial charge in [-0.1, -0.05) is 39.5 Å². The van der Waals surface area contributed by atoms with E-state index >= 15 is 0 Å². The number of carbonyl (C=O) groups is 1. The smallest absolute Gasteiger partial charge is 0.340 e. The van der Waals surface area contributed by atoms with Crippen LogP contribution in [0.2, 0.25) is 0 Å². The van der Waals surface area contributed by atoms with Crippen molar-refractivity contribution in [1.82, 2.24) is 0 Å². The van der Waals surface area contributed by atoms with Crippen LogP contribution in [0.3, 0.4) is 0 Å². The average Bonchev–Trinajstić information content (AvgIpc) is 2.46. The fourth-order valence-electron chi connectivity index (χ4n) is 2.22. The van der Waals surface area contributed by atoms with E-state index in [9.17, 15) is 4.79 Å². The molecule has 1 aromatic rings. The first-order valence-electron chi connectivity index (χ1n) is 7.76. The molecule has 21 heavy (non-hydrogen) atoms. The van der Waals surface area contributed by atoms with Gasteiger partial charge in [-0.2, -0.15) is 0 Å². The lowest BCUT2D eigenvalue weighted by Gasteiger charge is -2.10. The van der Waals surface area contributed by atoms with Crippen molar-refractivity contribution < 1.29 is 9.53 Å². The third kappa shape index (κ3) is 6.52. The number of nitrogens with one attached hydrogen (secondary N) is 1. The van der Waals surface area contributed by atoms with E-state index in [1.165, 1.54) is 32.8 Å². The number of methoxy groups -OCH3 is 1. The topological polar surface area (TPSA) is 64.3 Å². The molecule has 0 bridgehead atoms. The first-order chi connectivity index (χ1) is 10.0. The van der Waals surface area contributed by atoms with Crippen LogP contribution in [0.4, 0.5) is 11.4 Å². The minimum Gasteiger partial charge on any atom is -0.465 e. The summed E-state index contributed by atoms with van der Waals surface area (Å²) in [6.07, 6.45) is 6.28. The van der Waals surface area contributed by atoms with E-state index in [0.717, 1.165) is 24.6 Å². The van der Waals surface area contributed by atoms with Gasteiger partial charge >= 0.3 is 5.97 Å². The summed E-state index contributed by atoms with van der Waals surface area (Å²) in [5, 5.41) is 3.33. The minimum absolute atomic E-state index is 0.398. The van der Waals surface area contributed by atoms with E-state index < -0.39 is 5.97 Å². The maximum atomic E-state index is 11.6. The zero-order valence-electron chi connectivity index (χ0n) is 13.4. The zero-order valence-corrected chi connectivity index (χ0v) is 13.4. The van der Waals surface area contributed by atoms with E-state index in [2.05, 4.69) is 19.2 Å².